The van der Waals surface area contributed by atoms with Gasteiger partial charge in [-0.05, 0) is 18.4 Å². The highest BCUT2D eigenvalue weighted by Gasteiger charge is 2.33. The number of amides is 1. The molecular formula is C18H20F2N8O. The molecule has 2 bridgehead atoms. The van der Waals surface area contributed by atoms with Crippen LogP contribution in [-0.4, -0.2) is 56.0 Å². The van der Waals surface area contributed by atoms with Crippen molar-refractivity contribution >= 4 is 23.1 Å². The molecule has 2 aliphatic heterocycles. The second kappa shape index (κ2) is 6.76. The van der Waals surface area contributed by atoms with Gasteiger partial charge < -0.3 is 15.5 Å². The molecule has 152 valence electrons. The van der Waals surface area contributed by atoms with Gasteiger partial charge in [0.05, 0.1) is 11.9 Å². The lowest BCUT2D eigenvalue weighted by Gasteiger charge is -2.32. The number of nitrogens with one attached hydrogen (secondary N) is 2. The van der Waals surface area contributed by atoms with Gasteiger partial charge in [-0.3, -0.25) is 9.48 Å². The van der Waals surface area contributed by atoms with Crippen molar-refractivity contribution in [2.24, 2.45) is 13.0 Å². The number of aromatic nitrogens is 5. The van der Waals surface area contributed by atoms with Gasteiger partial charge in [-0.2, -0.15) is 10.2 Å². The number of carbonyl (C=O) groups is 1. The zero-order valence-corrected chi connectivity index (χ0v) is 15.7. The Morgan fingerprint density at radius 1 is 1.38 bits per heavy atom. The van der Waals surface area contributed by atoms with E-state index in [1.54, 1.807) is 6.20 Å². The fraction of sp³-hybridized carbons (Fsp3) is 0.444. The number of rotatable bonds is 4. The largest absolute Gasteiger partial charge is 0.355 e. The highest BCUT2D eigenvalue weighted by molar-refractivity contribution is 6.08. The molecule has 2 atom stereocenters. The Kier molecular flexibility index (Phi) is 4.19. The molecule has 0 saturated carbocycles. The lowest BCUT2D eigenvalue weighted by atomic mass is 10.0. The predicted octanol–water partition coefficient (Wildman–Crippen LogP) is 1.45. The summed E-state index contributed by atoms with van der Waals surface area (Å²) in [6.07, 6.45) is 2.88. The van der Waals surface area contributed by atoms with E-state index < -0.39 is 18.0 Å². The molecule has 3 aromatic heterocycles. The quantitative estimate of drug-likeness (QED) is 0.686. The summed E-state index contributed by atoms with van der Waals surface area (Å²) in [5.41, 5.74) is 0.103. The maximum atomic E-state index is 13.1. The van der Waals surface area contributed by atoms with E-state index in [4.69, 9.17) is 0 Å². The van der Waals surface area contributed by atoms with E-state index in [1.807, 2.05) is 6.07 Å². The smallest absolute Gasteiger partial charge is 0.284 e. The van der Waals surface area contributed by atoms with Crippen molar-refractivity contribution in [3.8, 4) is 0 Å². The average Bonchev–Trinajstić information content (AvgIpc) is 3.37. The molecule has 0 radical (unpaired) electrons. The third-order valence-electron chi connectivity index (χ3n) is 5.47. The van der Waals surface area contributed by atoms with Crippen LogP contribution in [0.25, 0.3) is 5.65 Å². The molecule has 0 unspecified atom stereocenters. The summed E-state index contributed by atoms with van der Waals surface area (Å²) in [5, 5.41) is 13.9. The number of anilines is 2. The van der Waals surface area contributed by atoms with Crippen LogP contribution in [0.4, 0.5) is 20.3 Å². The van der Waals surface area contributed by atoms with Gasteiger partial charge in [0.15, 0.2) is 11.3 Å². The summed E-state index contributed by atoms with van der Waals surface area (Å²) < 4.78 is 29.0. The molecule has 29 heavy (non-hydrogen) atoms. The van der Waals surface area contributed by atoms with Crippen LogP contribution in [0, 0.1) is 5.92 Å². The molecule has 2 fully saturated rings. The van der Waals surface area contributed by atoms with Gasteiger partial charge in [0.1, 0.15) is 11.4 Å². The van der Waals surface area contributed by atoms with Gasteiger partial charge in [-0.25, -0.2) is 18.3 Å². The van der Waals surface area contributed by atoms with Crippen LogP contribution in [0.3, 0.4) is 0 Å². The molecular weight excluding hydrogens is 382 g/mol. The van der Waals surface area contributed by atoms with Crippen molar-refractivity contribution in [1.82, 2.24) is 29.7 Å². The van der Waals surface area contributed by atoms with Gasteiger partial charge in [-0.1, -0.05) is 0 Å². The van der Waals surface area contributed by atoms with Gasteiger partial charge >= 0.3 is 0 Å². The van der Waals surface area contributed by atoms with Crippen LogP contribution < -0.4 is 15.5 Å². The van der Waals surface area contributed by atoms with Crippen LogP contribution >= 0.6 is 0 Å². The Morgan fingerprint density at radius 3 is 3.03 bits per heavy atom. The maximum Gasteiger partial charge on any atom is 0.284 e. The Bertz CT molecular complexity index is 1070. The molecule has 0 aromatic carbocycles. The summed E-state index contributed by atoms with van der Waals surface area (Å²) in [6, 6.07) is 2.33. The Labute approximate surface area is 164 Å². The molecule has 1 amide bonds. The number of carbonyl (C=O) groups excluding carboxylic acids is 1. The molecule has 0 aliphatic carbocycles. The van der Waals surface area contributed by atoms with E-state index in [0.29, 0.717) is 17.6 Å². The number of nitrogens with zero attached hydrogens (tertiary/aromatic N) is 6. The maximum absolute atomic E-state index is 13.1. The van der Waals surface area contributed by atoms with Crippen molar-refractivity contribution in [1.29, 1.82) is 0 Å². The van der Waals surface area contributed by atoms with E-state index in [9.17, 15) is 13.6 Å². The number of hydrogen-bond donors (Lipinski definition) is 2. The third-order valence-corrected chi connectivity index (χ3v) is 5.47. The fourth-order valence-electron chi connectivity index (χ4n) is 4.17. The minimum Gasteiger partial charge on any atom is -0.355 e. The molecule has 2 saturated heterocycles. The summed E-state index contributed by atoms with van der Waals surface area (Å²) in [5.74, 6) is 0.817. The van der Waals surface area contributed by atoms with E-state index in [0.717, 1.165) is 25.5 Å². The van der Waals surface area contributed by atoms with Gasteiger partial charge in [0.25, 0.3) is 12.3 Å². The highest BCUT2D eigenvalue weighted by Crippen LogP contribution is 2.28. The van der Waals surface area contributed by atoms with Crippen LogP contribution in [0.1, 0.15) is 28.9 Å². The van der Waals surface area contributed by atoms with Crippen molar-refractivity contribution < 1.29 is 13.6 Å². The summed E-state index contributed by atoms with van der Waals surface area (Å²) in [4.78, 5) is 19.6. The van der Waals surface area contributed by atoms with Crippen molar-refractivity contribution in [3.63, 3.8) is 0 Å². The van der Waals surface area contributed by atoms with Crippen LogP contribution in [0.5, 0.6) is 0 Å². The van der Waals surface area contributed by atoms with E-state index in [1.165, 1.54) is 35.1 Å². The SMILES string of the molecule is Cn1cc(NC(=O)c2cnn3ccc(N4C[C@H]5CN[C@H](C5)C4)nc23)c(C(F)F)n1. The Balaban J connectivity index is 1.44. The summed E-state index contributed by atoms with van der Waals surface area (Å²) >= 11 is 0. The molecule has 0 spiro atoms. The van der Waals surface area contributed by atoms with Crippen molar-refractivity contribution in [2.45, 2.75) is 18.9 Å². The molecule has 3 aromatic rings. The average molecular weight is 402 g/mol. The lowest BCUT2D eigenvalue weighted by molar-refractivity contribution is 0.102. The first-order valence-electron chi connectivity index (χ1n) is 9.43. The van der Waals surface area contributed by atoms with Gasteiger partial charge in [-0.15, -0.1) is 0 Å². The monoisotopic (exact) mass is 402 g/mol. The fourth-order valence-corrected chi connectivity index (χ4v) is 4.17. The van der Waals surface area contributed by atoms with Crippen molar-refractivity contribution in [3.05, 3.63) is 35.9 Å². The molecule has 5 rings (SSSR count). The number of aryl methyl sites for hydroxylation is 1. The first-order chi connectivity index (χ1) is 14.0. The summed E-state index contributed by atoms with van der Waals surface area (Å²) in [7, 11) is 1.52. The Morgan fingerprint density at radius 2 is 2.24 bits per heavy atom. The molecule has 2 aliphatic rings. The molecule has 11 heteroatoms. The highest BCUT2D eigenvalue weighted by atomic mass is 19.3. The summed E-state index contributed by atoms with van der Waals surface area (Å²) in [6.45, 7) is 2.79. The first kappa shape index (κ1) is 18.0. The number of hydrogen-bond acceptors (Lipinski definition) is 6. The number of fused-ring (bicyclic) bond motifs is 3. The Hall–Kier alpha value is -3.08. The number of piperidine rings is 1. The number of halogens is 2. The second-order valence-corrected chi connectivity index (χ2v) is 7.58. The topological polar surface area (TPSA) is 92.4 Å². The second-order valence-electron chi connectivity index (χ2n) is 7.58. The van der Waals surface area contributed by atoms with Crippen LogP contribution in [-0.2, 0) is 7.05 Å². The third kappa shape index (κ3) is 3.20. The molecule has 5 heterocycles. The predicted molar refractivity (Wildman–Crippen MR) is 101 cm³/mol. The van der Waals surface area contributed by atoms with Gasteiger partial charge in [0.2, 0.25) is 0 Å². The number of alkyl halides is 2. The molecule has 2 N–H and O–H groups in total. The van der Waals surface area contributed by atoms with E-state index >= 15 is 0 Å². The van der Waals surface area contributed by atoms with Crippen LogP contribution in [0.2, 0.25) is 0 Å². The molecule has 9 nitrogen and oxygen atoms in total. The van der Waals surface area contributed by atoms with E-state index in [-0.39, 0.29) is 11.3 Å². The standard InChI is InChI=1S/C18H20F2N8O/c1-26-9-13(15(25-26)16(19)20)23-18(29)12-6-22-28-3-2-14(24-17(12)28)27-7-10-4-11(8-27)21-5-10/h2-3,6,9-11,16,21H,4-5,7-8H2,1H3,(H,23,29)/t10-,11-/m1/s1. The minimum absolute atomic E-state index is 0.0262. The van der Waals surface area contributed by atoms with Crippen molar-refractivity contribution in [2.75, 3.05) is 29.9 Å². The minimum atomic E-state index is -2.79. The van der Waals surface area contributed by atoms with Crippen LogP contribution in [0.15, 0.2) is 24.7 Å². The normalized spacial score (nSPS) is 21.3. The zero-order valence-electron chi connectivity index (χ0n) is 15.7. The van der Waals surface area contributed by atoms with E-state index in [2.05, 4.69) is 30.7 Å². The first-order valence-corrected chi connectivity index (χ1v) is 9.43. The zero-order chi connectivity index (χ0) is 20.1. The lowest BCUT2D eigenvalue weighted by Crippen LogP contribution is -2.41. The van der Waals surface area contributed by atoms with Gasteiger partial charge in [0, 0.05) is 45.1 Å².